The molecular formula is C14H18N4O. The fourth-order valence-electron chi connectivity index (χ4n) is 1.98. The van der Waals surface area contributed by atoms with Crippen LogP contribution in [0.15, 0.2) is 30.6 Å². The van der Waals surface area contributed by atoms with Crippen molar-refractivity contribution in [1.82, 2.24) is 15.3 Å². The van der Waals surface area contributed by atoms with Gasteiger partial charge < -0.3 is 16.0 Å². The Kier molecular flexibility index (Phi) is 4.18. The van der Waals surface area contributed by atoms with Gasteiger partial charge >= 0.3 is 0 Å². The zero-order valence-corrected chi connectivity index (χ0v) is 10.9. The molecule has 0 unspecified atom stereocenters. The maximum absolute atomic E-state index is 12.0. The normalized spacial score (nSPS) is 10.4. The molecule has 0 saturated carbocycles. The van der Waals surface area contributed by atoms with Crippen molar-refractivity contribution in [3.8, 4) is 0 Å². The zero-order valence-electron chi connectivity index (χ0n) is 10.9. The van der Waals surface area contributed by atoms with E-state index in [1.54, 1.807) is 18.5 Å². The molecule has 0 aliphatic carbocycles. The fourth-order valence-corrected chi connectivity index (χ4v) is 1.98. The van der Waals surface area contributed by atoms with Gasteiger partial charge in [0.15, 0.2) is 0 Å². The minimum atomic E-state index is -0.116. The highest BCUT2D eigenvalue weighted by Crippen LogP contribution is 2.15. The highest BCUT2D eigenvalue weighted by atomic mass is 16.1. The molecule has 4 N–H and O–H groups in total. The molecule has 5 heteroatoms. The second-order valence-corrected chi connectivity index (χ2v) is 4.43. The van der Waals surface area contributed by atoms with Gasteiger partial charge in [-0.15, -0.1) is 0 Å². The van der Waals surface area contributed by atoms with Crippen LogP contribution in [0.5, 0.6) is 0 Å². The van der Waals surface area contributed by atoms with Crippen LogP contribution in [0.3, 0.4) is 0 Å². The quantitative estimate of drug-likeness (QED) is 0.563. The van der Waals surface area contributed by atoms with Crippen molar-refractivity contribution in [3.05, 3.63) is 47.5 Å². The van der Waals surface area contributed by atoms with Crippen LogP contribution >= 0.6 is 0 Å². The van der Waals surface area contributed by atoms with Crippen LogP contribution in [0, 0.1) is 6.92 Å². The summed E-state index contributed by atoms with van der Waals surface area (Å²) in [5.74, 6) is 0.819. The molecule has 0 aliphatic heterocycles. The zero-order chi connectivity index (χ0) is 13.7. The Morgan fingerprint density at radius 2 is 2.32 bits per heavy atom. The molecule has 0 bridgehead atoms. The Bertz CT molecular complexity index is 528. The number of nitrogens with two attached hydrogens (primary N) is 1. The largest absolute Gasteiger partial charge is 0.398 e. The molecule has 2 rings (SSSR count). The lowest BCUT2D eigenvalue weighted by molar-refractivity contribution is 0.0953. The van der Waals surface area contributed by atoms with Gasteiger partial charge in [0.25, 0.3) is 5.91 Å². The predicted octanol–water partition coefficient (Wildman–Crippen LogP) is 1.66. The molecule has 1 aromatic carbocycles. The summed E-state index contributed by atoms with van der Waals surface area (Å²) < 4.78 is 0. The summed E-state index contributed by atoms with van der Waals surface area (Å²) in [7, 11) is 0. The van der Waals surface area contributed by atoms with E-state index < -0.39 is 0 Å². The van der Waals surface area contributed by atoms with Crippen LogP contribution in [0.1, 0.15) is 28.2 Å². The summed E-state index contributed by atoms with van der Waals surface area (Å²) in [5, 5.41) is 2.88. The van der Waals surface area contributed by atoms with Crippen molar-refractivity contribution in [3.63, 3.8) is 0 Å². The average molecular weight is 258 g/mol. The van der Waals surface area contributed by atoms with Gasteiger partial charge in [-0.05, 0) is 25.0 Å². The van der Waals surface area contributed by atoms with Crippen LogP contribution in [0.25, 0.3) is 0 Å². The lowest BCUT2D eigenvalue weighted by Crippen LogP contribution is -2.26. The van der Waals surface area contributed by atoms with Crippen molar-refractivity contribution in [2.24, 2.45) is 0 Å². The molecule has 1 heterocycles. The lowest BCUT2D eigenvalue weighted by atomic mass is 10.1. The Morgan fingerprint density at radius 1 is 1.47 bits per heavy atom. The number of aromatic nitrogens is 2. The first-order valence-electron chi connectivity index (χ1n) is 6.30. The number of hydrogen-bond donors (Lipinski definition) is 3. The summed E-state index contributed by atoms with van der Waals surface area (Å²) in [4.78, 5) is 19.2. The highest BCUT2D eigenvalue weighted by Gasteiger charge is 2.11. The molecule has 0 spiro atoms. The maximum atomic E-state index is 12.0. The van der Waals surface area contributed by atoms with Crippen molar-refractivity contribution in [2.75, 3.05) is 12.3 Å². The first-order chi connectivity index (χ1) is 9.18. The van der Waals surface area contributed by atoms with E-state index in [2.05, 4.69) is 15.3 Å². The summed E-state index contributed by atoms with van der Waals surface area (Å²) in [6.07, 6.45) is 5.17. The van der Waals surface area contributed by atoms with E-state index in [0.29, 0.717) is 17.8 Å². The molecule has 0 saturated heterocycles. The first kappa shape index (κ1) is 13.1. The number of nitrogen functional groups attached to an aromatic ring is 1. The molecule has 19 heavy (non-hydrogen) atoms. The number of imidazole rings is 1. The molecule has 0 atom stereocenters. The predicted molar refractivity (Wildman–Crippen MR) is 74.8 cm³/mol. The Labute approximate surface area is 112 Å². The van der Waals surface area contributed by atoms with E-state index in [9.17, 15) is 4.79 Å². The van der Waals surface area contributed by atoms with Crippen molar-refractivity contribution >= 4 is 11.6 Å². The third kappa shape index (κ3) is 3.34. The molecule has 0 fully saturated rings. The first-order valence-corrected chi connectivity index (χ1v) is 6.30. The molecule has 2 aromatic rings. The number of nitrogens with one attached hydrogen (secondary N) is 2. The van der Waals surface area contributed by atoms with E-state index in [1.165, 1.54) is 0 Å². The maximum Gasteiger partial charge on any atom is 0.253 e. The Morgan fingerprint density at radius 3 is 3.00 bits per heavy atom. The number of amides is 1. The topological polar surface area (TPSA) is 83.8 Å². The summed E-state index contributed by atoms with van der Waals surface area (Å²) in [6, 6.07) is 5.47. The van der Waals surface area contributed by atoms with Crippen molar-refractivity contribution in [1.29, 1.82) is 0 Å². The monoisotopic (exact) mass is 258 g/mol. The minimum absolute atomic E-state index is 0.116. The number of hydrogen-bond acceptors (Lipinski definition) is 3. The van der Waals surface area contributed by atoms with E-state index in [-0.39, 0.29) is 5.91 Å². The van der Waals surface area contributed by atoms with Gasteiger partial charge in [0, 0.05) is 31.0 Å². The third-order valence-electron chi connectivity index (χ3n) is 2.96. The number of benzene rings is 1. The molecule has 1 amide bonds. The van der Waals surface area contributed by atoms with Gasteiger partial charge in [-0.3, -0.25) is 4.79 Å². The number of anilines is 1. The van der Waals surface area contributed by atoms with E-state index >= 15 is 0 Å². The van der Waals surface area contributed by atoms with Gasteiger partial charge in [-0.1, -0.05) is 12.1 Å². The van der Waals surface area contributed by atoms with Gasteiger partial charge in [-0.2, -0.15) is 0 Å². The van der Waals surface area contributed by atoms with Gasteiger partial charge in [0.05, 0.1) is 5.56 Å². The second kappa shape index (κ2) is 6.04. The summed E-state index contributed by atoms with van der Waals surface area (Å²) >= 11 is 0. The number of aryl methyl sites for hydroxylation is 2. The van der Waals surface area contributed by atoms with Crippen LogP contribution < -0.4 is 11.1 Å². The van der Waals surface area contributed by atoms with Gasteiger partial charge in [-0.25, -0.2) is 4.98 Å². The van der Waals surface area contributed by atoms with E-state index in [1.807, 2.05) is 19.1 Å². The minimum Gasteiger partial charge on any atom is -0.398 e. The molecule has 0 radical (unpaired) electrons. The number of rotatable bonds is 5. The average Bonchev–Trinajstić information content (AvgIpc) is 2.87. The van der Waals surface area contributed by atoms with E-state index in [4.69, 9.17) is 5.73 Å². The summed E-state index contributed by atoms with van der Waals surface area (Å²) in [5.41, 5.74) is 7.81. The van der Waals surface area contributed by atoms with Gasteiger partial charge in [0.2, 0.25) is 0 Å². The van der Waals surface area contributed by atoms with Crippen molar-refractivity contribution in [2.45, 2.75) is 19.8 Å². The fraction of sp³-hybridized carbons (Fsp3) is 0.286. The summed E-state index contributed by atoms with van der Waals surface area (Å²) in [6.45, 7) is 2.49. The Balaban J connectivity index is 1.84. The standard InChI is InChI=1S/C14H18N4O/c1-10-4-2-5-11(15)13(10)14(19)18-7-3-6-12-16-8-9-17-12/h2,4-5,8-9H,3,6-7,15H2,1H3,(H,16,17)(H,18,19). The molecular weight excluding hydrogens is 240 g/mol. The lowest BCUT2D eigenvalue weighted by Gasteiger charge is -2.09. The van der Waals surface area contributed by atoms with Gasteiger partial charge in [0.1, 0.15) is 5.82 Å². The van der Waals surface area contributed by atoms with Crippen LogP contribution in [-0.4, -0.2) is 22.4 Å². The SMILES string of the molecule is Cc1cccc(N)c1C(=O)NCCCc1ncc[nH]1. The Hall–Kier alpha value is -2.30. The number of carbonyl (C=O) groups is 1. The van der Waals surface area contributed by atoms with Crippen LogP contribution in [0.2, 0.25) is 0 Å². The van der Waals surface area contributed by atoms with Crippen molar-refractivity contribution < 1.29 is 4.79 Å². The molecule has 1 aromatic heterocycles. The molecule has 0 aliphatic rings. The number of nitrogens with zero attached hydrogens (tertiary/aromatic N) is 1. The van der Waals surface area contributed by atoms with E-state index in [0.717, 1.165) is 24.2 Å². The van der Waals surface area contributed by atoms with Crippen LogP contribution in [0.4, 0.5) is 5.69 Å². The molecule has 100 valence electrons. The van der Waals surface area contributed by atoms with Crippen LogP contribution in [-0.2, 0) is 6.42 Å². The smallest absolute Gasteiger partial charge is 0.253 e. The highest BCUT2D eigenvalue weighted by molar-refractivity contribution is 6.00. The second-order valence-electron chi connectivity index (χ2n) is 4.43. The number of carbonyl (C=O) groups excluding carboxylic acids is 1. The third-order valence-corrected chi connectivity index (χ3v) is 2.96. The molecule has 5 nitrogen and oxygen atoms in total. The number of H-pyrrole nitrogens is 1. The number of aromatic amines is 1.